The molecule has 2 nitrogen and oxygen atoms in total. The summed E-state index contributed by atoms with van der Waals surface area (Å²) in [5.74, 6) is 0.714. The molecule has 0 aromatic carbocycles. The third kappa shape index (κ3) is 3.09. The maximum absolute atomic E-state index is 11.3. The van der Waals surface area contributed by atoms with E-state index in [1.165, 1.54) is 0 Å². The number of rotatable bonds is 1. The zero-order chi connectivity index (χ0) is 9.30. The SMILES string of the molecule is CC(C)[C@@H]1[CH-][C@H](C)[C@@H](C)C(=O)O1.[Mo]. The molecule has 13 heavy (non-hydrogen) atoms. The van der Waals surface area contributed by atoms with E-state index in [-0.39, 0.29) is 39.1 Å². The van der Waals surface area contributed by atoms with Crippen molar-refractivity contribution in [2.24, 2.45) is 17.8 Å². The molecule has 3 heteroatoms. The van der Waals surface area contributed by atoms with Crippen molar-refractivity contribution in [2.45, 2.75) is 33.8 Å². The Labute approximate surface area is 94.7 Å². The number of esters is 1. The maximum atomic E-state index is 11.3. The van der Waals surface area contributed by atoms with Crippen LogP contribution in [0, 0.1) is 24.2 Å². The van der Waals surface area contributed by atoms with Gasteiger partial charge in [0, 0.05) is 27.0 Å². The fraction of sp³-hybridized carbons (Fsp3) is 0.800. The largest absolute Gasteiger partial charge is 0.495 e. The Hall–Kier alpha value is 0.158. The van der Waals surface area contributed by atoms with Crippen molar-refractivity contribution >= 4 is 5.97 Å². The smallest absolute Gasteiger partial charge is 0.303 e. The van der Waals surface area contributed by atoms with Gasteiger partial charge in [-0.05, 0) is 12.0 Å². The quantitative estimate of drug-likeness (QED) is 0.412. The van der Waals surface area contributed by atoms with Crippen LogP contribution in [-0.4, -0.2) is 12.1 Å². The van der Waals surface area contributed by atoms with Crippen LogP contribution < -0.4 is 0 Å². The predicted molar refractivity (Wildman–Crippen MR) is 47.3 cm³/mol. The second kappa shape index (κ2) is 5.14. The molecule has 0 unspecified atom stereocenters. The van der Waals surface area contributed by atoms with Gasteiger partial charge in [-0.2, -0.15) is 5.92 Å². The van der Waals surface area contributed by atoms with Gasteiger partial charge in [-0.3, -0.25) is 11.2 Å². The Morgan fingerprint density at radius 3 is 2.31 bits per heavy atom. The minimum Gasteiger partial charge on any atom is -0.495 e. The Morgan fingerprint density at radius 1 is 1.38 bits per heavy atom. The van der Waals surface area contributed by atoms with Crippen molar-refractivity contribution in [3.05, 3.63) is 6.42 Å². The number of ether oxygens (including phenoxy) is 1. The summed E-state index contributed by atoms with van der Waals surface area (Å²) in [6.45, 7) is 8.12. The van der Waals surface area contributed by atoms with Gasteiger partial charge in [0.05, 0.1) is 0 Å². The summed E-state index contributed by atoms with van der Waals surface area (Å²) >= 11 is 0. The van der Waals surface area contributed by atoms with Crippen molar-refractivity contribution in [3.63, 3.8) is 0 Å². The minimum absolute atomic E-state index is 0. The average molecular weight is 265 g/mol. The van der Waals surface area contributed by atoms with E-state index in [0.29, 0.717) is 11.8 Å². The monoisotopic (exact) mass is 267 g/mol. The van der Waals surface area contributed by atoms with Gasteiger partial charge in [0.1, 0.15) is 0 Å². The molecule has 1 rings (SSSR count). The standard InChI is InChI=1S/C10H17O2.Mo/c1-6(2)9-5-7(3)8(4)10(11)12-9;/h5-9H,1-4H3;/q-1;/t7-,8+,9-;/m0./s1. The number of carbonyl (C=O) groups excluding carboxylic acids is 1. The van der Waals surface area contributed by atoms with Gasteiger partial charge in [-0.1, -0.05) is 27.7 Å². The number of carbonyl (C=O) groups is 1. The number of hydrogen-bond donors (Lipinski definition) is 0. The van der Waals surface area contributed by atoms with Crippen LogP contribution in [0.3, 0.4) is 0 Å². The summed E-state index contributed by atoms with van der Waals surface area (Å²) < 4.78 is 5.24. The van der Waals surface area contributed by atoms with E-state index in [0.717, 1.165) is 0 Å². The Kier molecular flexibility index (Phi) is 5.20. The fourth-order valence-electron chi connectivity index (χ4n) is 1.32. The molecule has 1 aliphatic rings. The van der Waals surface area contributed by atoms with Gasteiger partial charge in [-0.25, -0.2) is 0 Å². The molecule has 0 N–H and O–H groups in total. The van der Waals surface area contributed by atoms with Gasteiger partial charge >= 0.3 is 5.97 Å². The molecule has 0 saturated carbocycles. The Morgan fingerprint density at radius 2 is 1.92 bits per heavy atom. The average Bonchev–Trinajstić information content (AvgIpc) is 1.99. The predicted octanol–water partition coefficient (Wildman–Crippen LogP) is 2.04. The molecule has 1 heterocycles. The van der Waals surface area contributed by atoms with Crippen molar-refractivity contribution in [3.8, 4) is 0 Å². The molecule has 0 spiro atoms. The van der Waals surface area contributed by atoms with Crippen LogP contribution in [0.5, 0.6) is 0 Å². The van der Waals surface area contributed by atoms with Crippen molar-refractivity contribution < 1.29 is 30.6 Å². The van der Waals surface area contributed by atoms with E-state index in [2.05, 4.69) is 27.2 Å². The number of cyclic esters (lactones) is 1. The van der Waals surface area contributed by atoms with Crippen LogP contribution in [-0.2, 0) is 30.6 Å². The molecule has 1 saturated heterocycles. The van der Waals surface area contributed by atoms with Crippen LogP contribution in [0.4, 0.5) is 0 Å². The Balaban J connectivity index is 0.00000144. The van der Waals surface area contributed by atoms with E-state index in [1.54, 1.807) is 0 Å². The van der Waals surface area contributed by atoms with Gasteiger partial charge < -0.3 is 4.74 Å². The molecule has 0 bridgehead atoms. The van der Waals surface area contributed by atoms with Crippen LogP contribution >= 0.6 is 0 Å². The summed E-state index contributed by atoms with van der Waals surface area (Å²) in [5.41, 5.74) is 0. The van der Waals surface area contributed by atoms with E-state index in [1.807, 2.05) is 6.92 Å². The van der Waals surface area contributed by atoms with E-state index in [4.69, 9.17) is 4.74 Å². The fourth-order valence-corrected chi connectivity index (χ4v) is 1.32. The van der Waals surface area contributed by atoms with E-state index < -0.39 is 0 Å². The van der Waals surface area contributed by atoms with Crippen LogP contribution in [0.1, 0.15) is 27.7 Å². The molecule has 3 atom stereocenters. The zero-order valence-electron chi connectivity index (χ0n) is 8.61. The minimum atomic E-state index is -0.0521. The molecule has 1 aliphatic heterocycles. The summed E-state index contributed by atoms with van der Waals surface area (Å²) in [4.78, 5) is 11.3. The summed E-state index contributed by atoms with van der Waals surface area (Å²) in [5, 5.41) is 0. The van der Waals surface area contributed by atoms with Gasteiger partial charge in [0.2, 0.25) is 0 Å². The van der Waals surface area contributed by atoms with E-state index in [9.17, 15) is 4.79 Å². The van der Waals surface area contributed by atoms with Gasteiger partial charge in [0.15, 0.2) is 0 Å². The molecular formula is C10H17MoO2-. The second-order valence-corrected chi connectivity index (χ2v) is 3.99. The van der Waals surface area contributed by atoms with Crippen molar-refractivity contribution in [2.75, 3.05) is 0 Å². The van der Waals surface area contributed by atoms with Crippen LogP contribution in [0.2, 0.25) is 0 Å². The third-order valence-corrected chi connectivity index (χ3v) is 2.56. The van der Waals surface area contributed by atoms with Crippen molar-refractivity contribution in [1.82, 2.24) is 0 Å². The van der Waals surface area contributed by atoms with Crippen LogP contribution in [0.25, 0.3) is 0 Å². The van der Waals surface area contributed by atoms with Gasteiger partial charge in [0.25, 0.3) is 0 Å². The molecule has 76 valence electrons. The normalized spacial score (nSPS) is 33.9. The van der Waals surface area contributed by atoms with E-state index >= 15 is 0 Å². The molecule has 1 fully saturated rings. The summed E-state index contributed by atoms with van der Waals surface area (Å²) in [6.07, 6.45) is 2.15. The maximum Gasteiger partial charge on any atom is 0.303 e. The zero-order valence-corrected chi connectivity index (χ0v) is 10.6. The third-order valence-electron chi connectivity index (χ3n) is 2.56. The van der Waals surface area contributed by atoms with Gasteiger partial charge in [-0.15, -0.1) is 0 Å². The topological polar surface area (TPSA) is 26.3 Å². The first-order valence-electron chi connectivity index (χ1n) is 4.58. The molecular weight excluding hydrogens is 248 g/mol. The number of hydrogen-bond acceptors (Lipinski definition) is 2. The molecule has 0 aliphatic carbocycles. The first kappa shape index (κ1) is 13.2. The first-order chi connectivity index (χ1) is 5.52. The molecule has 0 aromatic heterocycles. The summed E-state index contributed by atoms with van der Waals surface area (Å²) in [6, 6.07) is 0. The molecule has 0 aromatic rings. The van der Waals surface area contributed by atoms with Crippen molar-refractivity contribution in [1.29, 1.82) is 0 Å². The Bertz CT molecular complexity index is 180. The van der Waals surface area contributed by atoms with Crippen LogP contribution in [0.15, 0.2) is 0 Å². The molecule has 0 amide bonds. The second-order valence-electron chi connectivity index (χ2n) is 3.99. The molecule has 0 radical (unpaired) electrons. The summed E-state index contributed by atoms with van der Waals surface area (Å²) in [7, 11) is 0. The first-order valence-corrected chi connectivity index (χ1v) is 4.58.